The molecule has 1 amide bonds. The number of aryl methyl sites for hydroxylation is 1. The fourth-order valence-corrected chi connectivity index (χ4v) is 2.16. The molecule has 116 valence electrons. The molecule has 0 aliphatic heterocycles. The summed E-state index contributed by atoms with van der Waals surface area (Å²) in [6.07, 6.45) is 3.17. The van der Waals surface area contributed by atoms with Crippen LogP contribution in [0.15, 0.2) is 59.4 Å². The van der Waals surface area contributed by atoms with Crippen LogP contribution >= 0.6 is 0 Å². The molecule has 0 bridgehead atoms. The van der Waals surface area contributed by atoms with Crippen molar-refractivity contribution in [3.8, 4) is 0 Å². The van der Waals surface area contributed by atoms with E-state index >= 15 is 0 Å². The normalized spacial score (nSPS) is 10.3. The number of hydrogen-bond acceptors (Lipinski definition) is 5. The van der Waals surface area contributed by atoms with Gasteiger partial charge in [0, 0.05) is 25.0 Å². The molecule has 1 aromatic carbocycles. The van der Waals surface area contributed by atoms with Gasteiger partial charge in [-0.2, -0.15) is 0 Å². The van der Waals surface area contributed by atoms with Gasteiger partial charge in [-0.3, -0.25) is 9.78 Å². The molecule has 0 spiro atoms. The van der Waals surface area contributed by atoms with Crippen LogP contribution in [0, 0.1) is 6.92 Å². The molecule has 0 saturated heterocycles. The minimum atomic E-state index is -0.135. The zero-order valence-electron chi connectivity index (χ0n) is 12.9. The topological polar surface area (TPSA) is 71.3 Å². The lowest BCUT2D eigenvalue weighted by atomic mass is 10.2. The molecule has 23 heavy (non-hydrogen) atoms. The highest BCUT2D eigenvalue weighted by Crippen LogP contribution is 2.19. The molecule has 6 heteroatoms. The number of anilines is 3. The number of nitrogens with zero attached hydrogens (tertiary/aromatic N) is 3. The molecule has 0 aliphatic carbocycles. The molecule has 1 N–H and O–H groups in total. The number of nitrogens with one attached hydrogen (secondary N) is 1. The van der Waals surface area contributed by atoms with E-state index in [1.54, 1.807) is 36.5 Å². The monoisotopic (exact) mass is 308 g/mol. The fraction of sp³-hybridized carbons (Fsp3) is 0.118. The van der Waals surface area contributed by atoms with Gasteiger partial charge in [0.2, 0.25) is 0 Å². The summed E-state index contributed by atoms with van der Waals surface area (Å²) in [5, 5.41) is 6.92. The first kappa shape index (κ1) is 14.8. The Balaban J connectivity index is 1.80. The molecule has 6 nitrogen and oxygen atoms in total. The molecule has 2 aromatic heterocycles. The Morgan fingerprint density at radius 3 is 2.65 bits per heavy atom. The van der Waals surface area contributed by atoms with Gasteiger partial charge in [0.25, 0.3) is 5.91 Å². The lowest BCUT2D eigenvalue weighted by molar-refractivity contribution is 0.0992. The number of amides is 1. The van der Waals surface area contributed by atoms with E-state index in [1.165, 1.54) is 0 Å². The van der Waals surface area contributed by atoms with Crippen molar-refractivity contribution in [2.45, 2.75) is 6.92 Å². The summed E-state index contributed by atoms with van der Waals surface area (Å²) < 4.78 is 5.00. The van der Waals surface area contributed by atoms with E-state index in [2.05, 4.69) is 15.5 Å². The Hall–Kier alpha value is -3.15. The Bertz CT molecular complexity index is 814. The van der Waals surface area contributed by atoms with Crippen LogP contribution in [-0.2, 0) is 0 Å². The van der Waals surface area contributed by atoms with E-state index in [0.29, 0.717) is 22.8 Å². The van der Waals surface area contributed by atoms with Crippen LogP contribution in [0.2, 0.25) is 0 Å². The van der Waals surface area contributed by atoms with Gasteiger partial charge in [-0.15, -0.1) is 0 Å². The van der Waals surface area contributed by atoms with Gasteiger partial charge in [0.15, 0.2) is 5.82 Å². The van der Waals surface area contributed by atoms with E-state index < -0.39 is 0 Å². The van der Waals surface area contributed by atoms with Crippen molar-refractivity contribution >= 4 is 23.1 Å². The maximum atomic E-state index is 12.6. The number of aromatic nitrogens is 2. The number of rotatable bonds is 4. The second kappa shape index (κ2) is 6.31. The fourth-order valence-electron chi connectivity index (χ4n) is 2.16. The summed E-state index contributed by atoms with van der Waals surface area (Å²) in [5.41, 5.74) is 1.98. The summed E-state index contributed by atoms with van der Waals surface area (Å²) >= 11 is 0. The van der Waals surface area contributed by atoms with Crippen LogP contribution in [-0.4, -0.2) is 23.1 Å². The molecule has 0 fully saturated rings. The first-order valence-electron chi connectivity index (χ1n) is 7.12. The average molecular weight is 308 g/mol. The van der Waals surface area contributed by atoms with Gasteiger partial charge in [0.1, 0.15) is 5.76 Å². The van der Waals surface area contributed by atoms with E-state index in [0.717, 1.165) is 5.69 Å². The van der Waals surface area contributed by atoms with Gasteiger partial charge in [-0.25, -0.2) is 0 Å². The number of para-hydroxylation sites is 1. The molecular formula is C17H16N4O2. The standard InChI is InChI=1S/C17H16N4O2/c1-12-8-16(20-23-12)19-14-9-13(10-18-11-14)17(22)21(2)15-6-4-3-5-7-15/h3-11H,1-2H3,(H,19,20). The zero-order valence-corrected chi connectivity index (χ0v) is 12.9. The van der Waals surface area contributed by atoms with Gasteiger partial charge >= 0.3 is 0 Å². The summed E-state index contributed by atoms with van der Waals surface area (Å²) in [6, 6.07) is 13.0. The Labute approximate surface area is 133 Å². The van der Waals surface area contributed by atoms with Crippen LogP contribution < -0.4 is 10.2 Å². The van der Waals surface area contributed by atoms with E-state index in [4.69, 9.17) is 4.52 Å². The van der Waals surface area contributed by atoms with Crippen molar-refractivity contribution in [3.05, 3.63) is 66.2 Å². The van der Waals surface area contributed by atoms with Crippen LogP contribution in [0.5, 0.6) is 0 Å². The lowest BCUT2D eigenvalue weighted by Gasteiger charge is -2.17. The van der Waals surface area contributed by atoms with Crippen LogP contribution in [0.4, 0.5) is 17.2 Å². The third kappa shape index (κ3) is 3.37. The molecule has 0 atom stereocenters. The van der Waals surface area contributed by atoms with E-state index in [-0.39, 0.29) is 5.91 Å². The molecule has 0 unspecified atom stereocenters. The quantitative estimate of drug-likeness (QED) is 0.800. The Morgan fingerprint density at radius 2 is 1.96 bits per heavy atom. The van der Waals surface area contributed by atoms with Crippen molar-refractivity contribution in [2.24, 2.45) is 0 Å². The predicted octanol–water partition coefficient (Wildman–Crippen LogP) is 3.40. The van der Waals surface area contributed by atoms with E-state index in [9.17, 15) is 4.79 Å². The molecule has 2 heterocycles. The maximum absolute atomic E-state index is 12.6. The molecule has 3 rings (SSSR count). The summed E-state index contributed by atoms with van der Waals surface area (Å²) in [7, 11) is 1.73. The maximum Gasteiger partial charge on any atom is 0.259 e. The molecule has 0 aliphatic rings. The zero-order chi connectivity index (χ0) is 16.2. The summed E-state index contributed by atoms with van der Waals surface area (Å²) in [4.78, 5) is 18.3. The smallest absolute Gasteiger partial charge is 0.259 e. The van der Waals surface area contributed by atoms with Crippen molar-refractivity contribution in [2.75, 3.05) is 17.3 Å². The van der Waals surface area contributed by atoms with Crippen LogP contribution in [0.1, 0.15) is 16.1 Å². The second-order valence-corrected chi connectivity index (χ2v) is 5.11. The highest BCUT2D eigenvalue weighted by molar-refractivity contribution is 6.06. The second-order valence-electron chi connectivity index (χ2n) is 5.11. The number of carbonyl (C=O) groups is 1. The van der Waals surface area contributed by atoms with Crippen molar-refractivity contribution in [1.82, 2.24) is 10.1 Å². The Kier molecular flexibility index (Phi) is 4.05. The first-order chi connectivity index (χ1) is 11.1. The predicted molar refractivity (Wildman–Crippen MR) is 87.9 cm³/mol. The highest BCUT2D eigenvalue weighted by Gasteiger charge is 2.14. The van der Waals surface area contributed by atoms with Crippen molar-refractivity contribution in [1.29, 1.82) is 0 Å². The third-order valence-corrected chi connectivity index (χ3v) is 3.33. The van der Waals surface area contributed by atoms with Crippen molar-refractivity contribution < 1.29 is 9.32 Å². The van der Waals surface area contributed by atoms with Gasteiger partial charge < -0.3 is 14.7 Å². The average Bonchev–Trinajstić information content (AvgIpc) is 2.99. The first-order valence-corrected chi connectivity index (χ1v) is 7.12. The van der Waals surface area contributed by atoms with Crippen LogP contribution in [0.25, 0.3) is 0 Å². The number of benzene rings is 1. The van der Waals surface area contributed by atoms with E-state index in [1.807, 2.05) is 37.3 Å². The molecule has 0 radical (unpaired) electrons. The highest BCUT2D eigenvalue weighted by atomic mass is 16.5. The molecule has 3 aromatic rings. The summed E-state index contributed by atoms with van der Waals surface area (Å²) in [6.45, 7) is 1.81. The van der Waals surface area contributed by atoms with Gasteiger partial charge in [-0.05, 0) is 25.1 Å². The minimum Gasteiger partial charge on any atom is -0.360 e. The molecular weight excluding hydrogens is 292 g/mol. The third-order valence-electron chi connectivity index (χ3n) is 3.33. The molecule has 0 saturated carbocycles. The number of pyridine rings is 1. The largest absolute Gasteiger partial charge is 0.360 e. The number of carbonyl (C=O) groups excluding carboxylic acids is 1. The SMILES string of the molecule is Cc1cc(Nc2cncc(C(=O)N(C)c3ccccc3)c2)no1. The lowest BCUT2D eigenvalue weighted by Crippen LogP contribution is -2.26. The van der Waals surface area contributed by atoms with Crippen molar-refractivity contribution in [3.63, 3.8) is 0 Å². The van der Waals surface area contributed by atoms with Crippen LogP contribution in [0.3, 0.4) is 0 Å². The number of hydrogen-bond donors (Lipinski definition) is 1. The minimum absolute atomic E-state index is 0.135. The Morgan fingerprint density at radius 1 is 1.17 bits per heavy atom. The summed E-state index contributed by atoms with van der Waals surface area (Å²) in [5.74, 6) is 1.14. The van der Waals surface area contributed by atoms with Gasteiger partial charge in [-0.1, -0.05) is 23.4 Å². The van der Waals surface area contributed by atoms with Gasteiger partial charge in [0.05, 0.1) is 17.4 Å².